The van der Waals surface area contributed by atoms with Crippen LogP contribution in [-0.2, 0) is 12.8 Å². The third-order valence-corrected chi connectivity index (χ3v) is 3.96. The summed E-state index contributed by atoms with van der Waals surface area (Å²) >= 11 is 0. The summed E-state index contributed by atoms with van der Waals surface area (Å²) in [5, 5.41) is 12.4. The molecule has 1 heterocycles. The van der Waals surface area contributed by atoms with Gasteiger partial charge in [0.25, 0.3) is 0 Å². The van der Waals surface area contributed by atoms with Gasteiger partial charge in [-0.1, -0.05) is 0 Å². The van der Waals surface area contributed by atoms with Crippen LogP contribution in [0, 0.1) is 5.82 Å². The van der Waals surface area contributed by atoms with Crippen molar-refractivity contribution in [3.63, 3.8) is 0 Å². The summed E-state index contributed by atoms with van der Waals surface area (Å²) in [6, 6.07) is 8.83. The van der Waals surface area contributed by atoms with E-state index in [1.54, 1.807) is 19.3 Å². The largest absolute Gasteiger partial charge is 0.508 e. The number of aldehydes is 1. The van der Waals surface area contributed by atoms with Crippen LogP contribution in [0.3, 0.4) is 0 Å². The highest BCUT2D eigenvalue weighted by molar-refractivity contribution is 5.79. The Balaban J connectivity index is 0.000000316. The monoisotopic (exact) mass is 438 g/mol. The number of pyridine rings is 1. The van der Waals surface area contributed by atoms with Crippen LogP contribution in [0.25, 0.3) is 0 Å². The van der Waals surface area contributed by atoms with Crippen LogP contribution in [0.5, 0.6) is 11.5 Å². The minimum atomic E-state index is -4.58. The number of nitrogens with one attached hydrogen (secondary N) is 2. The first-order valence-electron chi connectivity index (χ1n) is 8.77. The Morgan fingerprint density at radius 1 is 1.13 bits per heavy atom. The predicted molar refractivity (Wildman–Crippen MR) is 106 cm³/mol. The summed E-state index contributed by atoms with van der Waals surface area (Å²) < 4.78 is 56.1. The van der Waals surface area contributed by atoms with Gasteiger partial charge in [0.15, 0.2) is 6.29 Å². The van der Waals surface area contributed by atoms with Gasteiger partial charge in [-0.3, -0.25) is 9.59 Å². The number of aromatic hydroxyl groups is 1. The number of anilines is 1. The number of carbonyl (C=O) groups excluding carboxylic acids is 1. The molecule has 2 aromatic carbocycles. The van der Waals surface area contributed by atoms with E-state index in [-0.39, 0.29) is 34.8 Å². The van der Waals surface area contributed by atoms with Crippen molar-refractivity contribution in [2.45, 2.75) is 12.8 Å². The topological polar surface area (TPSA) is 91.4 Å². The average Bonchev–Trinajstić information content (AvgIpc) is 2.74. The van der Waals surface area contributed by atoms with E-state index in [1.165, 1.54) is 6.07 Å². The maximum Gasteiger partial charge on any atom is 0.416 e. The van der Waals surface area contributed by atoms with Crippen molar-refractivity contribution < 1.29 is 32.2 Å². The lowest BCUT2D eigenvalue weighted by Crippen LogP contribution is -2.07. The van der Waals surface area contributed by atoms with Gasteiger partial charge < -0.3 is 20.1 Å². The van der Waals surface area contributed by atoms with Gasteiger partial charge >= 0.3 is 6.18 Å². The highest BCUT2D eigenvalue weighted by Gasteiger charge is 2.31. The van der Waals surface area contributed by atoms with Gasteiger partial charge in [0.2, 0.25) is 5.56 Å². The number of phenols is 1. The zero-order valence-electron chi connectivity index (χ0n) is 16.2. The summed E-state index contributed by atoms with van der Waals surface area (Å²) in [5.41, 5.74) is -0.254. The molecule has 0 fully saturated rings. The second kappa shape index (κ2) is 10.3. The minimum Gasteiger partial charge on any atom is -0.508 e. The first-order valence-corrected chi connectivity index (χ1v) is 8.77. The molecule has 0 amide bonds. The molecule has 0 spiro atoms. The molecule has 0 aliphatic carbocycles. The molecule has 10 heteroatoms. The molecule has 0 saturated carbocycles. The van der Waals surface area contributed by atoms with Gasteiger partial charge in [-0.05, 0) is 42.5 Å². The molecule has 1 aromatic heterocycles. The van der Waals surface area contributed by atoms with E-state index in [2.05, 4.69) is 10.3 Å². The van der Waals surface area contributed by atoms with E-state index in [0.29, 0.717) is 12.4 Å². The number of rotatable bonds is 5. The van der Waals surface area contributed by atoms with E-state index in [4.69, 9.17) is 4.74 Å². The number of ether oxygens (including phenoxy) is 1. The van der Waals surface area contributed by atoms with Crippen LogP contribution in [0.1, 0.15) is 21.5 Å². The highest BCUT2D eigenvalue weighted by atomic mass is 19.4. The molecule has 0 radical (unpaired) electrons. The quantitative estimate of drug-likeness (QED) is 0.407. The molecule has 0 atom stereocenters. The van der Waals surface area contributed by atoms with Crippen molar-refractivity contribution in [3.8, 4) is 11.5 Å². The Morgan fingerprint density at radius 2 is 1.87 bits per heavy atom. The lowest BCUT2D eigenvalue weighted by molar-refractivity contribution is -0.137. The number of benzene rings is 2. The maximum absolute atomic E-state index is 13.1. The molecule has 0 unspecified atom stereocenters. The van der Waals surface area contributed by atoms with E-state index >= 15 is 0 Å². The van der Waals surface area contributed by atoms with Crippen molar-refractivity contribution >= 4 is 12.0 Å². The first kappa shape index (κ1) is 23.5. The smallest absolute Gasteiger partial charge is 0.416 e. The zero-order valence-corrected chi connectivity index (χ0v) is 16.2. The number of halogens is 4. The van der Waals surface area contributed by atoms with E-state index in [1.807, 2.05) is 0 Å². The Kier molecular flexibility index (Phi) is 7.78. The Labute approximate surface area is 174 Å². The molecular weight excluding hydrogens is 420 g/mol. The van der Waals surface area contributed by atoms with Gasteiger partial charge in [-0.2, -0.15) is 13.2 Å². The fraction of sp³-hybridized carbons (Fsp3) is 0.143. The summed E-state index contributed by atoms with van der Waals surface area (Å²) in [6.07, 6.45) is -2.63. The summed E-state index contributed by atoms with van der Waals surface area (Å²) in [4.78, 5) is 23.9. The lowest BCUT2D eigenvalue weighted by atomic mass is 10.1. The van der Waals surface area contributed by atoms with Crippen LogP contribution in [-0.4, -0.2) is 23.4 Å². The fourth-order valence-electron chi connectivity index (χ4n) is 2.36. The molecule has 3 rings (SSSR count). The highest BCUT2D eigenvalue weighted by Crippen LogP contribution is 2.33. The van der Waals surface area contributed by atoms with Gasteiger partial charge in [-0.25, -0.2) is 4.39 Å². The zero-order chi connectivity index (χ0) is 23.0. The van der Waals surface area contributed by atoms with E-state index in [9.17, 15) is 32.3 Å². The second-order valence-electron chi connectivity index (χ2n) is 6.12. The van der Waals surface area contributed by atoms with Gasteiger partial charge in [0.1, 0.15) is 23.9 Å². The number of hydrogen-bond donors (Lipinski definition) is 3. The number of alkyl halides is 3. The van der Waals surface area contributed by atoms with Crippen molar-refractivity contribution in [2.24, 2.45) is 0 Å². The normalized spacial score (nSPS) is 10.6. The molecule has 0 bridgehead atoms. The van der Waals surface area contributed by atoms with Gasteiger partial charge in [0, 0.05) is 30.6 Å². The number of carbonyl (C=O) groups is 1. The van der Waals surface area contributed by atoms with Crippen molar-refractivity contribution in [1.82, 2.24) is 4.98 Å². The molecule has 31 heavy (non-hydrogen) atoms. The number of phenolic OH excluding ortho intramolecular Hbond substituents is 1. The molecule has 0 aliphatic heterocycles. The molecule has 3 aromatic rings. The summed E-state index contributed by atoms with van der Waals surface area (Å²) in [7, 11) is 1.77. The van der Waals surface area contributed by atoms with Gasteiger partial charge in [-0.15, -0.1) is 0 Å². The summed E-state index contributed by atoms with van der Waals surface area (Å²) in [5.74, 6) is -1.19. The molecule has 0 aliphatic rings. The minimum absolute atomic E-state index is 0.0502. The number of aromatic amines is 1. The van der Waals surface area contributed by atoms with E-state index < -0.39 is 17.6 Å². The van der Waals surface area contributed by atoms with E-state index in [0.717, 1.165) is 36.0 Å². The van der Waals surface area contributed by atoms with Crippen LogP contribution in [0.4, 0.5) is 23.2 Å². The molecule has 0 saturated heterocycles. The number of aromatic nitrogens is 1. The van der Waals surface area contributed by atoms with Gasteiger partial charge in [0.05, 0.1) is 11.1 Å². The second-order valence-corrected chi connectivity index (χ2v) is 6.12. The van der Waals surface area contributed by atoms with Crippen LogP contribution >= 0.6 is 0 Å². The molecular formula is C21H18F4N2O4. The average molecular weight is 438 g/mol. The van der Waals surface area contributed by atoms with Crippen LogP contribution in [0.2, 0.25) is 0 Å². The lowest BCUT2D eigenvalue weighted by Gasteiger charge is -2.13. The maximum atomic E-state index is 13.1. The Hall–Kier alpha value is -3.82. The fourth-order valence-corrected chi connectivity index (χ4v) is 2.36. The third kappa shape index (κ3) is 6.88. The predicted octanol–water partition coefficient (Wildman–Crippen LogP) is 4.36. The molecule has 3 N–H and O–H groups in total. The Morgan fingerprint density at radius 3 is 2.45 bits per heavy atom. The molecule has 164 valence electrons. The SMILES string of the molecule is CNc1cc[nH]c(=O)c1.O=Cc1ccc(C(F)(F)F)cc1OCc1cc(F)ccc1O. The number of H-pyrrole nitrogens is 1. The van der Waals surface area contributed by atoms with Crippen molar-refractivity contribution in [2.75, 3.05) is 12.4 Å². The first-order chi connectivity index (χ1) is 14.6. The Bertz CT molecular complexity index is 1100. The van der Waals surface area contributed by atoms with Crippen LogP contribution < -0.4 is 15.6 Å². The third-order valence-electron chi connectivity index (χ3n) is 3.96. The van der Waals surface area contributed by atoms with Crippen molar-refractivity contribution in [3.05, 3.63) is 87.6 Å². The summed E-state index contributed by atoms with van der Waals surface area (Å²) in [6.45, 7) is -0.383. The van der Waals surface area contributed by atoms with Crippen molar-refractivity contribution in [1.29, 1.82) is 0 Å². The molecule has 6 nitrogen and oxygen atoms in total. The van der Waals surface area contributed by atoms with Crippen LogP contribution in [0.15, 0.2) is 59.5 Å². The standard InChI is InChI=1S/C15H10F4O3.C6H8N2O/c16-12-3-4-13(21)10(5-12)8-22-14-6-11(15(17,18)19)2-1-9(14)7-20;1-7-5-2-3-8-6(9)4-5/h1-7,21H,8H2;2-4H,1H3,(H2,7,8,9). The number of hydrogen-bond acceptors (Lipinski definition) is 5.